The van der Waals surface area contributed by atoms with Gasteiger partial charge in [0.2, 0.25) is 5.91 Å². The van der Waals surface area contributed by atoms with E-state index in [1.807, 2.05) is 0 Å². The molecular formula is C14H19Cl2N3O. The van der Waals surface area contributed by atoms with Crippen molar-refractivity contribution in [2.45, 2.75) is 19.8 Å². The van der Waals surface area contributed by atoms with Crippen LogP contribution >= 0.6 is 23.2 Å². The molecule has 1 aromatic rings. The fourth-order valence-corrected chi connectivity index (χ4v) is 3.09. The molecule has 110 valence electrons. The summed E-state index contributed by atoms with van der Waals surface area (Å²) >= 11 is 11.9. The Morgan fingerprint density at radius 2 is 2.25 bits per heavy atom. The Bertz CT molecular complexity index is 484. The van der Waals surface area contributed by atoms with E-state index in [1.54, 1.807) is 12.1 Å². The molecule has 1 saturated heterocycles. The van der Waals surface area contributed by atoms with Crippen LogP contribution in [0.3, 0.4) is 0 Å². The molecule has 1 amide bonds. The maximum absolute atomic E-state index is 12.1. The van der Waals surface area contributed by atoms with Crippen LogP contribution in [0.2, 0.25) is 10.0 Å². The summed E-state index contributed by atoms with van der Waals surface area (Å²) in [6.45, 7) is 4.49. The van der Waals surface area contributed by atoms with Gasteiger partial charge in [-0.05, 0) is 37.4 Å². The van der Waals surface area contributed by atoms with Gasteiger partial charge in [0, 0.05) is 11.6 Å². The summed E-state index contributed by atoms with van der Waals surface area (Å²) in [5, 5.41) is 3.58. The minimum atomic E-state index is -0.102. The summed E-state index contributed by atoms with van der Waals surface area (Å²) in [6.07, 6.45) is 2.37. The lowest BCUT2D eigenvalue weighted by Gasteiger charge is -2.30. The Balaban J connectivity index is 1.98. The SMILES string of the molecule is CC1CCCN(CC(=O)Nc2c(N)cc(Cl)cc2Cl)C1. The number of nitrogens with one attached hydrogen (secondary N) is 1. The second kappa shape index (κ2) is 6.66. The van der Waals surface area contributed by atoms with Crippen LogP contribution in [0.4, 0.5) is 11.4 Å². The zero-order valence-corrected chi connectivity index (χ0v) is 13.0. The third-order valence-corrected chi connectivity index (χ3v) is 3.97. The van der Waals surface area contributed by atoms with Crippen LogP contribution in [0.15, 0.2) is 12.1 Å². The van der Waals surface area contributed by atoms with Crippen LogP contribution in [0.1, 0.15) is 19.8 Å². The summed E-state index contributed by atoms with van der Waals surface area (Å²) in [4.78, 5) is 14.2. The molecule has 0 spiro atoms. The second-order valence-electron chi connectivity index (χ2n) is 5.38. The largest absolute Gasteiger partial charge is 0.397 e. The smallest absolute Gasteiger partial charge is 0.238 e. The molecule has 1 aliphatic heterocycles. The molecule has 1 fully saturated rings. The monoisotopic (exact) mass is 315 g/mol. The number of nitrogens with zero attached hydrogens (tertiary/aromatic N) is 1. The lowest BCUT2D eigenvalue weighted by molar-refractivity contribution is -0.117. The standard InChI is InChI=1S/C14H19Cl2N3O/c1-9-3-2-4-19(7-9)8-13(20)18-14-11(16)5-10(15)6-12(14)17/h5-6,9H,2-4,7-8,17H2,1H3,(H,18,20). The van der Waals surface area contributed by atoms with Crippen molar-refractivity contribution in [3.63, 3.8) is 0 Å². The van der Waals surface area contributed by atoms with Gasteiger partial charge in [-0.25, -0.2) is 0 Å². The highest BCUT2D eigenvalue weighted by Gasteiger charge is 2.19. The zero-order valence-electron chi connectivity index (χ0n) is 11.5. The molecule has 4 nitrogen and oxygen atoms in total. The van der Waals surface area contributed by atoms with Crippen molar-refractivity contribution < 1.29 is 4.79 Å². The molecule has 1 unspecified atom stereocenters. The Morgan fingerprint density at radius 3 is 2.90 bits per heavy atom. The maximum Gasteiger partial charge on any atom is 0.238 e. The molecule has 0 radical (unpaired) electrons. The Kier molecular flexibility index (Phi) is 5.13. The minimum absolute atomic E-state index is 0.102. The summed E-state index contributed by atoms with van der Waals surface area (Å²) in [5.41, 5.74) is 6.64. The second-order valence-corrected chi connectivity index (χ2v) is 6.23. The molecule has 3 N–H and O–H groups in total. The van der Waals surface area contributed by atoms with Crippen LogP contribution in [-0.2, 0) is 4.79 Å². The van der Waals surface area contributed by atoms with E-state index in [2.05, 4.69) is 17.1 Å². The number of carbonyl (C=O) groups excluding carboxylic acids is 1. The lowest BCUT2D eigenvalue weighted by Crippen LogP contribution is -2.39. The molecule has 1 heterocycles. The van der Waals surface area contributed by atoms with E-state index in [0.29, 0.717) is 33.9 Å². The highest BCUT2D eigenvalue weighted by Crippen LogP contribution is 2.32. The molecule has 0 saturated carbocycles. The van der Waals surface area contributed by atoms with E-state index in [1.165, 1.54) is 6.42 Å². The van der Waals surface area contributed by atoms with Crippen molar-refractivity contribution >= 4 is 40.5 Å². The molecular weight excluding hydrogens is 297 g/mol. The fraction of sp³-hybridized carbons (Fsp3) is 0.500. The van der Waals surface area contributed by atoms with E-state index in [4.69, 9.17) is 28.9 Å². The number of nitrogen functional groups attached to an aromatic ring is 1. The van der Waals surface area contributed by atoms with Crippen molar-refractivity contribution in [1.82, 2.24) is 4.90 Å². The first-order chi connectivity index (χ1) is 9.45. The molecule has 2 rings (SSSR count). The Labute approximate surface area is 129 Å². The number of carbonyl (C=O) groups is 1. The van der Waals surface area contributed by atoms with Gasteiger partial charge in [-0.15, -0.1) is 0 Å². The van der Waals surface area contributed by atoms with E-state index >= 15 is 0 Å². The summed E-state index contributed by atoms with van der Waals surface area (Å²) in [6, 6.07) is 3.14. The van der Waals surface area contributed by atoms with Crippen LogP contribution in [0, 0.1) is 5.92 Å². The van der Waals surface area contributed by atoms with E-state index in [0.717, 1.165) is 19.5 Å². The van der Waals surface area contributed by atoms with Gasteiger partial charge in [0.25, 0.3) is 0 Å². The average Bonchev–Trinajstić information content (AvgIpc) is 2.33. The van der Waals surface area contributed by atoms with Crippen molar-refractivity contribution in [1.29, 1.82) is 0 Å². The molecule has 20 heavy (non-hydrogen) atoms. The van der Waals surface area contributed by atoms with Crippen LogP contribution in [-0.4, -0.2) is 30.4 Å². The van der Waals surface area contributed by atoms with Gasteiger partial charge in [-0.3, -0.25) is 9.69 Å². The number of likely N-dealkylation sites (tertiary alicyclic amines) is 1. The Morgan fingerprint density at radius 1 is 1.50 bits per heavy atom. The first-order valence-corrected chi connectivity index (χ1v) is 7.48. The van der Waals surface area contributed by atoms with Crippen LogP contribution in [0.5, 0.6) is 0 Å². The topological polar surface area (TPSA) is 58.4 Å². The molecule has 1 aromatic carbocycles. The van der Waals surface area contributed by atoms with E-state index in [9.17, 15) is 4.79 Å². The van der Waals surface area contributed by atoms with Gasteiger partial charge in [-0.2, -0.15) is 0 Å². The van der Waals surface area contributed by atoms with Gasteiger partial charge >= 0.3 is 0 Å². The van der Waals surface area contributed by atoms with Crippen LogP contribution in [0.25, 0.3) is 0 Å². The average molecular weight is 316 g/mol. The molecule has 0 aliphatic carbocycles. The quantitative estimate of drug-likeness (QED) is 0.842. The molecule has 6 heteroatoms. The van der Waals surface area contributed by atoms with Gasteiger partial charge in [-0.1, -0.05) is 30.1 Å². The van der Waals surface area contributed by atoms with Crippen LogP contribution < -0.4 is 11.1 Å². The predicted octanol–water partition coefficient (Wildman–Crippen LogP) is 3.25. The maximum atomic E-state index is 12.1. The number of piperidine rings is 1. The predicted molar refractivity (Wildman–Crippen MR) is 84.3 cm³/mol. The number of benzene rings is 1. The normalized spacial score (nSPS) is 19.9. The first kappa shape index (κ1) is 15.4. The first-order valence-electron chi connectivity index (χ1n) is 6.72. The van der Waals surface area contributed by atoms with Crippen molar-refractivity contribution in [2.24, 2.45) is 5.92 Å². The summed E-state index contributed by atoms with van der Waals surface area (Å²) in [5.74, 6) is 0.538. The third-order valence-electron chi connectivity index (χ3n) is 3.46. The molecule has 0 aromatic heterocycles. The van der Waals surface area contributed by atoms with Gasteiger partial charge in [0.05, 0.1) is 22.9 Å². The molecule has 0 bridgehead atoms. The summed E-state index contributed by atoms with van der Waals surface area (Å²) < 4.78 is 0. The van der Waals surface area contributed by atoms with E-state index < -0.39 is 0 Å². The minimum Gasteiger partial charge on any atom is -0.397 e. The number of rotatable bonds is 3. The highest BCUT2D eigenvalue weighted by molar-refractivity contribution is 6.37. The number of nitrogens with two attached hydrogens (primary N) is 1. The fourth-order valence-electron chi connectivity index (χ4n) is 2.54. The van der Waals surface area contributed by atoms with Crippen molar-refractivity contribution in [3.05, 3.63) is 22.2 Å². The highest BCUT2D eigenvalue weighted by atomic mass is 35.5. The van der Waals surface area contributed by atoms with E-state index in [-0.39, 0.29) is 5.91 Å². The Hall–Kier alpha value is -0.970. The molecule has 1 atom stereocenters. The number of hydrogen-bond donors (Lipinski definition) is 2. The van der Waals surface area contributed by atoms with Gasteiger partial charge in [0.1, 0.15) is 0 Å². The number of amides is 1. The third kappa shape index (κ3) is 4.01. The number of halogens is 2. The van der Waals surface area contributed by atoms with Crippen molar-refractivity contribution in [2.75, 3.05) is 30.7 Å². The van der Waals surface area contributed by atoms with Crippen molar-refractivity contribution in [3.8, 4) is 0 Å². The summed E-state index contributed by atoms with van der Waals surface area (Å²) in [7, 11) is 0. The lowest BCUT2D eigenvalue weighted by atomic mass is 10.0. The zero-order chi connectivity index (χ0) is 14.7. The van der Waals surface area contributed by atoms with Gasteiger partial charge in [0.15, 0.2) is 0 Å². The number of hydrogen-bond acceptors (Lipinski definition) is 3. The molecule has 1 aliphatic rings. The van der Waals surface area contributed by atoms with Gasteiger partial charge < -0.3 is 11.1 Å². The number of anilines is 2.